The first-order chi connectivity index (χ1) is 14.8. The lowest BCUT2D eigenvalue weighted by Crippen LogP contribution is -2.23. The zero-order chi connectivity index (χ0) is 20.8. The van der Waals surface area contributed by atoms with Gasteiger partial charge in [0.25, 0.3) is 5.56 Å². The molecular weight excluding hydrogens is 396 g/mol. The number of aromatic nitrogens is 6. The van der Waals surface area contributed by atoms with Gasteiger partial charge in [-0.1, -0.05) is 50.1 Å². The van der Waals surface area contributed by atoms with E-state index in [0.717, 1.165) is 66.9 Å². The van der Waals surface area contributed by atoms with Crippen LogP contribution in [0.4, 0.5) is 0 Å². The maximum atomic E-state index is 13.0. The Hall–Kier alpha value is -2.61. The van der Waals surface area contributed by atoms with Crippen molar-refractivity contribution >= 4 is 28.4 Å². The monoisotopic (exact) mass is 424 g/mol. The fourth-order valence-electron chi connectivity index (χ4n) is 3.70. The Balaban J connectivity index is 1.50. The van der Waals surface area contributed by atoms with Gasteiger partial charge in [-0.15, -0.1) is 10.2 Å². The van der Waals surface area contributed by atoms with Gasteiger partial charge in [0.2, 0.25) is 5.78 Å². The highest BCUT2D eigenvalue weighted by Crippen LogP contribution is 2.23. The van der Waals surface area contributed by atoms with Crippen LogP contribution in [0.5, 0.6) is 0 Å². The average molecular weight is 425 g/mol. The maximum Gasteiger partial charge on any atom is 0.262 e. The zero-order valence-electron chi connectivity index (χ0n) is 17.4. The number of hydrogen-bond acceptors (Lipinski definition) is 5. The molecule has 3 aromatic heterocycles. The first kappa shape index (κ1) is 20.7. The minimum absolute atomic E-state index is 0.0248. The Kier molecular flexibility index (Phi) is 6.84. The second kappa shape index (κ2) is 9.93. The highest BCUT2D eigenvalue weighted by molar-refractivity contribution is 7.99. The summed E-state index contributed by atoms with van der Waals surface area (Å²) in [5.41, 5.74) is 0.909. The highest BCUT2D eigenvalue weighted by atomic mass is 32.2. The molecule has 1 aromatic carbocycles. The van der Waals surface area contributed by atoms with Crippen molar-refractivity contribution in [2.24, 2.45) is 0 Å². The molecule has 8 heteroatoms. The lowest BCUT2D eigenvalue weighted by atomic mass is 10.2. The van der Waals surface area contributed by atoms with Crippen LogP contribution in [0.1, 0.15) is 45.4 Å². The molecule has 3 heterocycles. The summed E-state index contributed by atoms with van der Waals surface area (Å²) in [4.78, 5) is 13.0. The van der Waals surface area contributed by atoms with Crippen molar-refractivity contribution < 1.29 is 0 Å². The Bertz CT molecular complexity index is 1150. The molecule has 0 saturated carbocycles. The van der Waals surface area contributed by atoms with Crippen molar-refractivity contribution in [1.82, 2.24) is 28.9 Å². The molecule has 0 N–H and O–H groups in total. The number of unbranched alkanes of at least 4 members (excludes halogenated alkanes) is 4. The molecule has 0 aliphatic heterocycles. The summed E-state index contributed by atoms with van der Waals surface area (Å²) in [7, 11) is 0. The smallest absolute Gasteiger partial charge is 0.262 e. The van der Waals surface area contributed by atoms with Crippen molar-refractivity contribution in [1.29, 1.82) is 0 Å². The van der Waals surface area contributed by atoms with Crippen LogP contribution in [-0.2, 0) is 13.1 Å². The van der Waals surface area contributed by atoms with Gasteiger partial charge < -0.3 is 0 Å². The minimum atomic E-state index is 0.0248. The Labute approximate surface area is 180 Å². The number of benzene rings is 1. The molecule has 30 heavy (non-hydrogen) atoms. The van der Waals surface area contributed by atoms with E-state index in [9.17, 15) is 4.79 Å². The van der Waals surface area contributed by atoms with Crippen LogP contribution >= 0.6 is 11.8 Å². The topological polar surface area (TPSA) is 70.0 Å². The van der Waals surface area contributed by atoms with Crippen molar-refractivity contribution in [2.45, 2.75) is 63.7 Å². The molecule has 0 fully saturated rings. The van der Waals surface area contributed by atoms with E-state index in [-0.39, 0.29) is 5.56 Å². The predicted octanol–water partition coefficient (Wildman–Crippen LogP) is 4.39. The number of rotatable bonds is 11. The summed E-state index contributed by atoms with van der Waals surface area (Å²) in [6.45, 7) is 3.80. The highest BCUT2D eigenvalue weighted by Gasteiger charge is 2.16. The first-order valence-corrected chi connectivity index (χ1v) is 11.7. The molecule has 4 rings (SSSR count). The Morgan fingerprint density at radius 3 is 2.67 bits per heavy atom. The molecule has 0 aliphatic rings. The van der Waals surface area contributed by atoms with Crippen molar-refractivity contribution in [3.63, 3.8) is 0 Å². The number of hydrogen-bond donors (Lipinski definition) is 0. The lowest BCUT2D eigenvalue weighted by molar-refractivity contribution is 0.554. The molecule has 0 amide bonds. The van der Waals surface area contributed by atoms with Gasteiger partial charge >= 0.3 is 0 Å². The van der Waals surface area contributed by atoms with Crippen LogP contribution in [-0.4, -0.2) is 34.7 Å². The molecule has 0 unspecified atom stereocenters. The lowest BCUT2D eigenvalue weighted by Gasteiger charge is -2.11. The van der Waals surface area contributed by atoms with Crippen LogP contribution in [0.25, 0.3) is 16.7 Å². The summed E-state index contributed by atoms with van der Waals surface area (Å²) in [5, 5.41) is 14.7. The SMILES string of the molecule is CCCCCn1c(=O)c2ccccc2n2c(SCCCCCn3cccn3)nnc12. The minimum Gasteiger partial charge on any atom is -0.276 e. The summed E-state index contributed by atoms with van der Waals surface area (Å²) in [6, 6.07) is 9.72. The molecular formula is C22H28N6OS. The average Bonchev–Trinajstić information content (AvgIpc) is 3.43. The predicted molar refractivity (Wildman–Crippen MR) is 121 cm³/mol. The standard InChI is InChI=1S/C22H28N6OS/c1-2-3-7-16-27-20(29)18-11-5-6-12-19(18)28-21(27)24-25-22(28)30-17-9-4-8-14-26-15-10-13-23-26/h5-6,10-13,15H,2-4,7-9,14,16-17H2,1H3. The fourth-order valence-corrected chi connectivity index (χ4v) is 4.64. The van der Waals surface area contributed by atoms with E-state index in [1.807, 2.05) is 47.4 Å². The second-order valence-corrected chi connectivity index (χ2v) is 8.54. The summed E-state index contributed by atoms with van der Waals surface area (Å²) < 4.78 is 5.82. The first-order valence-electron chi connectivity index (χ1n) is 10.8. The normalized spacial score (nSPS) is 11.6. The van der Waals surface area contributed by atoms with E-state index < -0.39 is 0 Å². The number of aryl methyl sites for hydroxylation is 2. The molecule has 0 radical (unpaired) electrons. The number of fused-ring (bicyclic) bond motifs is 3. The van der Waals surface area contributed by atoms with E-state index in [1.165, 1.54) is 0 Å². The molecule has 0 atom stereocenters. The van der Waals surface area contributed by atoms with Crippen LogP contribution in [0.15, 0.2) is 52.7 Å². The molecule has 0 spiro atoms. The molecule has 0 aliphatic carbocycles. The molecule has 0 saturated heterocycles. The van der Waals surface area contributed by atoms with Crippen LogP contribution in [0.3, 0.4) is 0 Å². The Morgan fingerprint density at radius 1 is 0.967 bits per heavy atom. The summed E-state index contributed by atoms with van der Waals surface area (Å²) >= 11 is 1.71. The molecule has 0 bridgehead atoms. The van der Waals surface area contributed by atoms with Gasteiger partial charge in [0.05, 0.1) is 10.9 Å². The van der Waals surface area contributed by atoms with E-state index in [2.05, 4.69) is 26.6 Å². The van der Waals surface area contributed by atoms with Gasteiger partial charge in [-0.2, -0.15) is 5.10 Å². The largest absolute Gasteiger partial charge is 0.276 e. The van der Waals surface area contributed by atoms with Gasteiger partial charge in [0.15, 0.2) is 5.16 Å². The summed E-state index contributed by atoms with van der Waals surface area (Å²) in [5.74, 6) is 1.62. The Morgan fingerprint density at radius 2 is 1.83 bits per heavy atom. The van der Waals surface area contributed by atoms with E-state index in [0.29, 0.717) is 12.3 Å². The van der Waals surface area contributed by atoms with E-state index in [4.69, 9.17) is 0 Å². The van der Waals surface area contributed by atoms with Crippen molar-refractivity contribution in [2.75, 3.05) is 5.75 Å². The van der Waals surface area contributed by atoms with Crippen LogP contribution in [0, 0.1) is 0 Å². The third-order valence-electron chi connectivity index (χ3n) is 5.29. The number of thioether (sulfide) groups is 1. The molecule has 4 aromatic rings. The van der Waals surface area contributed by atoms with E-state index in [1.54, 1.807) is 16.3 Å². The molecule has 7 nitrogen and oxygen atoms in total. The maximum absolute atomic E-state index is 13.0. The zero-order valence-corrected chi connectivity index (χ0v) is 18.2. The van der Waals surface area contributed by atoms with Gasteiger partial charge in [-0.25, -0.2) is 0 Å². The van der Waals surface area contributed by atoms with Gasteiger partial charge in [-0.05, 0) is 37.5 Å². The van der Waals surface area contributed by atoms with Crippen LogP contribution in [0.2, 0.25) is 0 Å². The van der Waals surface area contributed by atoms with Crippen LogP contribution < -0.4 is 5.56 Å². The van der Waals surface area contributed by atoms with E-state index >= 15 is 0 Å². The second-order valence-electron chi connectivity index (χ2n) is 7.48. The summed E-state index contributed by atoms with van der Waals surface area (Å²) in [6.07, 6.45) is 10.4. The third kappa shape index (κ3) is 4.43. The van der Waals surface area contributed by atoms with Gasteiger partial charge in [-0.3, -0.25) is 18.4 Å². The van der Waals surface area contributed by atoms with Crippen molar-refractivity contribution in [3.8, 4) is 0 Å². The number of nitrogens with zero attached hydrogens (tertiary/aromatic N) is 6. The third-order valence-corrected chi connectivity index (χ3v) is 6.30. The fraction of sp³-hybridized carbons (Fsp3) is 0.455. The molecule has 158 valence electrons. The quantitative estimate of drug-likeness (QED) is 0.264. The van der Waals surface area contributed by atoms with Gasteiger partial charge in [0.1, 0.15) is 0 Å². The van der Waals surface area contributed by atoms with Gasteiger partial charge in [0, 0.05) is 31.2 Å². The van der Waals surface area contributed by atoms with Crippen molar-refractivity contribution in [3.05, 3.63) is 53.1 Å². The number of para-hydroxylation sites is 1.